The molecule has 5 heterocycles. The molecule has 3 aliphatic heterocycles. The summed E-state index contributed by atoms with van der Waals surface area (Å²) in [4.78, 5) is 14.1. The van der Waals surface area contributed by atoms with Gasteiger partial charge in [0.2, 0.25) is 0 Å². The molecule has 3 aliphatic rings. The van der Waals surface area contributed by atoms with Crippen LogP contribution in [0.5, 0.6) is 0 Å². The number of nitrogen functional groups attached to an aromatic ring is 1. The van der Waals surface area contributed by atoms with Gasteiger partial charge >= 0.3 is 0 Å². The lowest BCUT2D eigenvalue weighted by Crippen LogP contribution is -2.22. The Balaban J connectivity index is 1.40. The van der Waals surface area contributed by atoms with E-state index in [2.05, 4.69) is 14.8 Å². The maximum absolute atomic E-state index is 15.8. The van der Waals surface area contributed by atoms with Crippen molar-refractivity contribution in [1.29, 1.82) is 0 Å². The molecule has 2 aromatic carbocycles. The maximum atomic E-state index is 15.8. The largest absolute Gasteiger partial charge is 0.396 e. The Morgan fingerprint density at radius 3 is 2.38 bits per heavy atom. The molecule has 3 fully saturated rings. The molecular weight excluding hydrogens is 474 g/mol. The van der Waals surface area contributed by atoms with Crippen LogP contribution in [0, 0.1) is 23.5 Å². The summed E-state index contributed by atoms with van der Waals surface area (Å²) in [7, 11) is 0. The lowest BCUT2D eigenvalue weighted by atomic mass is 10.0. The van der Waals surface area contributed by atoms with Crippen molar-refractivity contribution in [3.05, 3.63) is 60.3 Å². The van der Waals surface area contributed by atoms with Crippen molar-refractivity contribution in [3.8, 4) is 17.1 Å². The zero-order valence-corrected chi connectivity index (χ0v) is 20.4. The van der Waals surface area contributed by atoms with Crippen LogP contribution in [-0.2, 0) is 4.74 Å². The van der Waals surface area contributed by atoms with Crippen LogP contribution in [0.25, 0.3) is 28.2 Å². The molecular formula is C28H28F2N6O. The van der Waals surface area contributed by atoms with E-state index in [1.807, 2.05) is 12.1 Å². The van der Waals surface area contributed by atoms with Gasteiger partial charge in [0.25, 0.3) is 0 Å². The summed E-state index contributed by atoms with van der Waals surface area (Å²) in [5.74, 6) is 0.491. The van der Waals surface area contributed by atoms with Crippen molar-refractivity contribution in [2.24, 2.45) is 11.8 Å². The van der Waals surface area contributed by atoms with Crippen LogP contribution in [0.2, 0.25) is 0 Å². The quantitative estimate of drug-likeness (QED) is 0.411. The minimum atomic E-state index is -0.540. The zero-order valence-electron chi connectivity index (χ0n) is 20.4. The van der Waals surface area contributed by atoms with E-state index in [1.165, 1.54) is 12.1 Å². The summed E-state index contributed by atoms with van der Waals surface area (Å²) in [6.07, 6.45) is 3.96. The highest BCUT2D eigenvalue weighted by Crippen LogP contribution is 2.38. The number of hydrogen-bond acceptors (Lipinski definition) is 6. The molecule has 9 heteroatoms. The van der Waals surface area contributed by atoms with Gasteiger partial charge in [0.05, 0.1) is 30.3 Å². The third-order valence-electron chi connectivity index (χ3n) is 8.01. The van der Waals surface area contributed by atoms with Gasteiger partial charge in [-0.15, -0.1) is 0 Å². The van der Waals surface area contributed by atoms with Crippen molar-refractivity contribution in [3.63, 3.8) is 0 Å². The Labute approximate surface area is 213 Å². The number of benzene rings is 2. The average Bonchev–Trinajstić information content (AvgIpc) is 3.68. The number of imidazole rings is 1. The summed E-state index contributed by atoms with van der Waals surface area (Å²) in [6.45, 7) is 5.15. The smallest absolute Gasteiger partial charge is 0.167 e. The number of ether oxygens (including phenoxy) is 1. The number of hydrogen-bond donors (Lipinski definition) is 1. The maximum Gasteiger partial charge on any atom is 0.167 e. The third kappa shape index (κ3) is 3.71. The second kappa shape index (κ2) is 8.69. The van der Waals surface area contributed by atoms with E-state index in [9.17, 15) is 4.39 Å². The summed E-state index contributed by atoms with van der Waals surface area (Å²) in [6, 6.07) is 11.8. The fourth-order valence-corrected chi connectivity index (χ4v) is 6.04. The Hall–Kier alpha value is -3.72. The normalized spacial score (nSPS) is 21.4. The number of nitrogens with zero attached hydrogens (tertiary/aromatic N) is 5. The molecule has 7 rings (SSSR count). The highest BCUT2D eigenvalue weighted by Gasteiger charge is 2.38. The van der Waals surface area contributed by atoms with Crippen molar-refractivity contribution in [2.75, 3.05) is 54.9 Å². The third-order valence-corrected chi connectivity index (χ3v) is 8.01. The number of nitrogens with two attached hydrogens (primary N) is 1. The van der Waals surface area contributed by atoms with Gasteiger partial charge in [0, 0.05) is 55.5 Å². The highest BCUT2D eigenvalue weighted by atomic mass is 19.1. The molecule has 190 valence electrons. The van der Waals surface area contributed by atoms with E-state index in [-0.39, 0.29) is 11.5 Å². The second-order valence-corrected chi connectivity index (χ2v) is 10.3. The van der Waals surface area contributed by atoms with Gasteiger partial charge in [-0.25, -0.2) is 18.7 Å². The van der Waals surface area contributed by atoms with E-state index >= 15 is 4.39 Å². The molecule has 0 aliphatic carbocycles. The van der Waals surface area contributed by atoms with Crippen LogP contribution in [0.4, 0.5) is 25.8 Å². The molecule has 2 aromatic heterocycles. The van der Waals surface area contributed by atoms with Crippen LogP contribution in [0.1, 0.15) is 12.8 Å². The average molecular weight is 503 g/mol. The lowest BCUT2D eigenvalue weighted by molar-refractivity contribution is 0.177. The Morgan fingerprint density at radius 1 is 0.865 bits per heavy atom. The molecule has 2 atom stereocenters. The fourth-order valence-electron chi connectivity index (χ4n) is 6.04. The molecule has 3 saturated heterocycles. The van der Waals surface area contributed by atoms with E-state index in [1.54, 1.807) is 29.0 Å². The SMILES string of the molecule is Nc1ccc(-c2nc3c(N4CC5COCC5C4)ccnc3n2-c2ccc(N3CCCC3)cc2F)cc1F. The highest BCUT2D eigenvalue weighted by molar-refractivity contribution is 5.91. The van der Waals surface area contributed by atoms with Crippen molar-refractivity contribution in [2.45, 2.75) is 12.8 Å². The molecule has 0 spiro atoms. The van der Waals surface area contributed by atoms with Crippen molar-refractivity contribution < 1.29 is 13.5 Å². The second-order valence-electron chi connectivity index (χ2n) is 10.3. The molecule has 0 bridgehead atoms. The fraction of sp³-hybridized carbons (Fsp3) is 0.357. The summed E-state index contributed by atoms with van der Waals surface area (Å²) >= 11 is 0. The minimum Gasteiger partial charge on any atom is -0.396 e. The minimum absolute atomic E-state index is 0.0530. The number of rotatable bonds is 4. The monoisotopic (exact) mass is 502 g/mol. The molecule has 0 radical (unpaired) electrons. The predicted octanol–water partition coefficient (Wildman–Crippen LogP) is 4.63. The lowest BCUT2D eigenvalue weighted by Gasteiger charge is -2.20. The first-order valence-electron chi connectivity index (χ1n) is 12.9. The van der Waals surface area contributed by atoms with E-state index in [4.69, 9.17) is 15.5 Å². The number of anilines is 3. The summed E-state index contributed by atoms with van der Waals surface area (Å²) in [5.41, 5.74) is 9.64. The Morgan fingerprint density at radius 2 is 1.65 bits per heavy atom. The number of pyridine rings is 1. The Bertz CT molecular complexity index is 1490. The van der Waals surface area contributed by atoms with Gasteiger partial charge < -0.3 is 20.3 Å². The zero-order chi connectivity index (χ0) is 25.1. The number of halogens is 2. The van der Waals surface area contributed by atoms with Crippen LogP contribution in [0.15, 0.2) is 48.7 Å². The van der Waals surface area contributed by atoms with Gasteiger partial charge in [0.1, 0.15) is 23.0 Å². The van der Waals surface area contributed by atoms with Gasteiger partial charge in [0.15, 0.2) is 5.65 Å². The molecule has 0 saturated carbocycles. The van der Waals surface area contributed by atoms with Gasteiger partial charge in [-0.3, -0.25) is 4.57 Å². The molecule has 2 unspecified atom stereocenters. The summed E-state index contributed by atoms with van der Waals surface area (Å²) < 4.78 is 37.7. The predicted molar refractivity (Wildman–Crippen MR) is 140 cm³/mol. The standard InChI is InChI=1S/C28H28F2N6O/c29-21-11-17(3-5-23(21)31)27-33-26-25(35-13-18-15-37-16-19(18)14-35)7-8-32-28(26)36(27)24-6-4-20(12-22(24)30)34-9-1-2-10-34/h3-8,11-12,18-19H,1-2,9-10,13-16,31H2. The van der Waals surface area contributed by atoms with Crippen LogP contribution < -0.4 is 15.5 Å². The topological polar surface area (TPSA) is 72.4 Å². The van der Waals surface area contributed by atoms with Crippen molar-refractivity contribution >= 4 is 28.2 Å². The first-order chi connectivity index (χ1) is 18.1. The van der Waals surface area contributed by atoms with Gasteiger partial charge in [-0.1, -0.05) is 0 Å². The first kappa shape index (κ1) is 22.5. The van der Waals surface area contributed by atoms with Crippen molar-refractivity contribution in [1.82, 2.24) is 14.5 Å². The molecule has 37 heavy (non-hydrogen) atoms. The van der Waals surface area contributed by atoms with E-state index in [0.29, 0.717) is 40.1 Å². The first-order valence-corrected chi connectivity index (χ1v) is 12.9. The van der Waals surface area contributed by atoms with Crippen LogP contribution >= 0.6 is 0 Å². The van der Waals surface area contributed by atoms with Gasteiger partial charge in [-0.05, 0) is 55.3 Å². The summed E-state index contributed by atoms with van der Waals surface area (Å²) in [5, 5.41) is 0. The van der Waals surface area contributed by atoms with E-state index in [0.717, 1.165) is 63.6 Å². The molecule has 4 aromatic rings. The molecule has 2 N–H and O–H groups in total. The molecule has 0 amide bonds. The van der Waals surface area contributed by atoms with Crippen LogP contribution in [-0.4, -0.2) is 53.9 Å². The Kier molecular flexibility index (Phi) is 5.28. The van der Waals surface area contributed by atoms with Gasteiger partial charge in [-0.2, -0.15) is 0 Å². The van der Waals surface area contributed by atoms with E-state index < -0.39 is 5.82 Å². The van der Waals surface area contributed by atoms with Crippen LogP contribution in [0.3, 0.4) is 0 Å². The molecule has 7 nitrogen and oxygen atoms in total. The number of fused-ring (bicyclic) bond motifs is 2. The number of aromatic nitrogens is 3.